The van der Waals surface area contributed by atoms with Crippen LogP contribution < -0.4 is 4.74 Å². The highest BCUT2D eigenvalue weighted by molar-refractivity contribution is 5.41. The predicted octanol–water partition coefficient (Wildman–Crippen LogP) is 3.50. The van der Waals surface area contributed by atoms with Crippen LogP contribution in [0.4, 0.5) is 4.39 Å². The van der Waals surface area contributed by atoms with Gasteiger partial charge in [-0.25, -0.2) is 9.37 Å². The predicted molar refractivity (Wildman–Crippen MR) is 64.9 cm³/mol. The summed E-state index contributed by atoms with van der Waals surface area (Å²) in [6, 6.07) is 9.80. The van der Waals surface area contributed by atoms with Crippen LogP contribution in [0.1, 0.15) is 16.8 Å². The Labute approximate surface area is 104 Å². The molecule has 90 valence electrons. The third-order valence-corrected chi connectivity index (χ3v) is 2.46. The number of nitriles is 1. The average Bonchev–Trinajstić information content (AvgIpc) is 2.34. The van der Waals surface area contributed by atoms with Gasteiger partial charge in [-0.15, -0.1) is 0 Å². The van der Waals surface area contributed by atoms with E-state index in [0.29, 0.717) is 16.9 Å². The average molecular weight is 242 g/mol. The Morgan fingerprint density at radius 1 is 1.22 bits per heavy atom. The Morgan fingerprint density at radius 3 is 2.67 bits per heavy atom. The highest BCUT2D eigenvalue weighted by atomic mass is 19.1. The third kappa shape index (κ3) is 2.46. The molecule has 0 saturated heterocycles. The highest BCUT2D eigenvalue weighted by Gasteiger charge is 2.08. The maximum absolute atomic E-state index is 13.1. The molecule has 0 aliphatic carbocycles. The van der Waals surface area contributed by atoms with Gasteiger partial charge in [-0.1, -0.05) is 0 Å². The number of aromatic nitrogens is 1. The van der Waals surface area contributed by atoms with E-state index < -0.39 is 0 Å². The number of hydrogen-bond donors (Lipinski definition) is 0. The fourth-order valence-electron chi connectivity index (χ4n) is 1.49. The topological polar surface area (TPSA) is 45.9 Å². The second-order valence-electron chi connectivity index (χ2n) is 3.93. The van der Waals surface area contributed by atoms with Crippen LogP contribution in [-0.2, 0) is 0 Å². The second-order valence-corrected chi connectivity index (χ2v) is 3.93. The van der Waals surface area contributed by atoms with Crippen LogP contribution in [0.15, 0.2) is 30.3 Å². The fourth-order valence-corrected chi connectivity index (χ4v) is 1.49. The summed E-state index contributed by atoms with van der Waals surface area (Å²) in [7, 11) is 0. The number of ether oxygens (including phenoxy) is 1. The maximum Gasteiger partial charge on any atom is 0.237 e. The molecule has 0 N–H and O–H groups in total. The molecule has 3 nitrogen and oxygen atoms in total. The summed E-state index contributed by atoms with van der Waals surface area (Å²) in [6.07, 6.45) is 0. The molecule has 0 spiro atoms. The third-order valence-electron chi connectivity index (χ3n) is 2.46. The smallest absolute Gasteiger partial charge is 0.237 e. The second kappa shape index (κ2) is 4.84. The van der Waals surface area contributed by atoms with E-state index in [2.05, 4.69) is 4.98 Å². The maximum atomic E-state index is 13.1. The van der Waals surface area contributed by atoms with E-state index in [9.17, 15) is 4.39 Å². The lowest BCUT2D eigenvalue weighted by atomic mass is 10.2. The lowest BCUT2D eigenvalue weighted by Gasteiger charge is -2.08. The van der Waals surface area contributed by atoms with Crippen LogP contribution in [0.25, 0.3) is 0 Å². The number of rotatable bonds is 2. The Bertz CT molecular complexity index is 632. The van der Waals surface area contributed by atoms with Crippen molar-refractivity contribution in [3.63, 3.8) is 0 Å². The van der Waals surface area contributed by atoms with Gasteiger partial charge in [-0.2, -0.15) is 5.26 Å². The standard InChI is InChI=1S/C14H11FN2O/c1-9-7-12(5-6-13(9)15)18-14-11(8-16)4-3-10(2)17-14/h3-7H,1-2H3. The molecule has 0 unspecified atom stereocenters. The molecule has 4 heteroatoms. The Kier molecular flexibility index (Phi) is 3.24. The molecule has 18 heavy (non-hydrogen) atoms. The van der Waals surface area contributed by atoms with Crippen molar-refractivity contribution in [3.05, 3.63) is 53.0 Å². The Hall–Kier alpha value is -2.41. The molecular formula is C14H11FN2O. The van der Waals surface area contributed by atoms with Crippen LogP contribution in [0.3, 0.4) is 0 Å². The molecule has 0 aliphatic heterocycles. The Balaban J connectivity index is 2.36. The Morgan fingerprint density at radius 2 is 2.00 bits per heavy atom. The first-order chi connectivity index (χ1) is 8.60. The molecule has 2 rings (SSSR count). The first kappa shape index (κ1) is 12.1. The monoisotopic (exact) mass is 242 g/mol. The molecule has 0 fully saturated rings. The van der Waals surface area contributed by atoms with Crippen LogP contribution in [0, 0.1) is 31.0 Å². The summed E-state index contributed by atoms with van der Waals surface area (Å²) in [6.45, 7) is 3.46. The van der Waals surface area contributed by atoms with Crippen molar-refractivity contribution in [2.45, 2.75) is 13.8 Å². The molecule has 0 aliphatic rings. The zero-order chi connectivity index (χ0) is 13.1. The van der Waals surface area contributed by atoms with E-state index >= 15 is 0 Å². The summed E-state index contributed by atoms with van der Waals surface area (Å²) in [5.41, 5.74) is 1.59. The number of nitrogens with zero attached hydrogens (tertiary/aromatic N) is 2. The van der Waals surface area contributed by atoms with Crippen molar-refractivity contribution in [1.29, 1.82) is 5.26 Å². The molecule has 1 aromatic heterocycles. The van der Waals surface area contributed by atoms with Gasteiger partial charge in [0.15, 0.2) is 0 Å². The van der Waals surface area contributed by atoms with Crippen LogP contribution >= 0.6 is 0 Å². The van der Waals surface area contributed by atoms with Gasteiger partial charge in [0.05, 0.1) is 0 Å². The van der Waals surface area contributed by atoms with Crippen molar-refractivity contribution in [2.24, 2.45) is 0 Å². The SMILES string of the molecule is Cc1ccc(C#N)c(Oc2ccc(F)c(C)c2)n1. The van der Waals surface area contributed by atoms with Crippen molar-refractivity contribution >= 4 is 0 Å². The van der Waals surface area contributed by atoms with Gasteiger partial charge in [0.1, 0.15) is 23.2 Å². The van der Waals surface area contributed by atoms with Gasteiger partial charge in [0, 0.05) is 5.69 Å². The lowest BCUT2D eigenvalue weighted by molar-refractivity contribution is 0.457. The molecule has 0 saturated carbocycles. The van der Waals surface area contributed by atoms with Gasteiger partial charge in [0.25, 0.3) is 0 Å². The van der Waals surface area contributed by atoms with Crippen LogP contribution in [0.2, 0.25) is 0 Å². The van der Waals surface area contributed by atoms with Crippen LogP contribution in [-0.4, -0.2) is 4.98 Å². The lowest BCUT2D eigenvalue weighted by Crippen LogP contribution is -1.94. The van der Waals surface area contributed by atoms with Crippen molar-refractivity contribution in [3.8, 4) is 17.7 Å². The molecule has 1 aromatic carbocycles. The molecule has 0 radical (unpaired) electrons. The number of hydrogen-bond acceptors (Lipinski definition) is 3. The molecule has 0 atom stereocenters. The van der Waals surface area contributed by atoms with E-state index in [4.69, 9.17) is 10.00 Å². The van der Waals surface area contributed by atoms with Crippen molar-refractivity contribution in [1.82, 2.24) is 4.98 Å². The van der Waals surface area contributed by atoms with Gasteiger partial charge < -0.3 is 4.74 Å². The highest BCUT2D eigenvalue weighted by Crippen LogP contribution is 2.24. The van der Waals surface area contributed by atoms with Gasteiger partial charge in [0.2, 0.25) is 5.88 Å². The summed E-state index contributed by atoms with van der Waals surface area (Å²) in [5, 5.41) is 8.96. The van der Waals surface area contributed by atoms with Crippen LogP contribution in [0.5, 0.6) is 11.6 Å². The summed E-state index contributed by atoms with van der Waals surface area (Å²) < 4.78 is 18.6. The van der Waals surface area contributed by atoms with E-state index in [-0.39, 0.29) is 11.7 Å². The quantitative estimate of drug-likeness (QED) is 0.809. The van der Waals surface area contributed by atoms with Gasteiger partial charge in [-0.05, 0) is 49.7 Å². The fraction of sp³-hybridized carbons (Fsp3) is 0.143. The van der Waals surface area contributed by atoms with E-state index in [1.165, 1.54) is 12.1 Å². The molecular weight excluding hydrogens is 231 g/mol. The normalized spacial score (nSPS) is 9.89. The number of halogens is 1. The molecule has 0 amide bonds. The van der Waals surface area contributed by atoms with Crippen molar-refractivity contribution in [2.75, 3.05) is 0 Å². The van der Waals surface area contributed by atoms with Gasteiger partial charge in [-0.3, -0.25) is 0 Å². The minimum absolute atomic E-state index is 0.239. The van der Waals surface area contributed by atoms with E-state index in [1.54, 1.807) is 25.1 Å². The zero-order valence-corrected chi connectivity index (χ0v) is 10.1. The summed E-state index contributed by atoms with van der Waals surface area (Å²) in [5.74, 6) is 0.409. The van der Waals surface area contributed by atoms with E-state index in [0.717, 1.165) is 5.69 Å². The first-order valence-electron chi connectivity index (χ1n) is 5.42. The summed E-state index contributed by atoms with van der Waals surface area (Å²) >= 11 is 0. The summed E-state index contributed by atoms with van der Waals surface area (Å²) in [4.78, 5) is 4.15. The number of pyridine rings is 1. The molecule has 1 heterocycles. The van der Waals surface area contributed by atoms with Crippen molar-refractivity contribution < 1.29 is 9.13 Å². The molecule has 0 bridgehead atoms. The first-order valence-corrected chi connectivity index (χ1v) is 5.42. The number of benzene rings is 1. The van der Waals surface area contributed by atoms with E-state index in [1.807, 2.05) is 13.0 Å². The minimum atomic E-state index is -0.292. The van der Waals surface area contributed by atoms with Gasteiger partial charge >= 0.3 is 0 Å². The largest absolute Gasteiger partial charge is 0.438 e. The minimum Gasteiger partial charge on any atom is -0.438 e. The molecule has 2 aromatic rings. The zero-order valence-electron chi connectivity index (χ0n) is 10.1. The number of aryl methyl sites for hydroxylation is 2.